The highest BCUT2D eigenvalue weighted by Crippen LogP contribution is 2.53. The number of furan rings is 1. The van der Waals surface area contributed by atoms with Crippen LogP contribution in [0.15, 0.2) is 70.2 Å². The molecule has 3 heterocycles. The predicted molar refractivity (Wildman–Crippen MR) is 121 cm³/mol. The minimum atomic E-state index is -0.199. The van der Waals surface area contributed by atoms with Crippen molar-refractivity contribution in [2.24, 2.45) is 0 Å². The molecule has 1 fully saturated rings. The second-order valence-corrected chi connectivity index (χ2v) is 9.23. The lowest BCUT2D eigenvalue weighted by Crippen LogP contribution is -2.33. The van der Waals surface area contributed by atoms with E-state index in [1.54, 1.807) is 30.2 Å². The molecule has 1 aromatic heterocycles. The van der Waals surface area contributed by atoms with Gasteiger partial charge in [0.25, 0.3) is 0 Å². The molecule has 0 bridgehead atoms. The molecule has 0 amide bonds. The Balaban J connectivity index is 1.29. The highest BCUT2D eigenvalue weighted by Gasteiger charge is 2.35. The molecule has 6 heteroatoms. The standard InChI is InChI=1S/C25H27NO4S/c27-19-8-11-21-23(17-19)31-25(22-5-4-15-29-22)24(30-21)18-6-9-20(10-7-18)28-16-14-26-12-2-1-3-13-26/h4-11,15,17,24-25,27H,1-3,12-14,16H2/t24-,25+/m0/s1. The summed E-state index contributed by atoms with van der Waals surface area (Å²) in [5.74, 6) is 2.74. The molecule has 2 aliphatic heterocycles. The first-order valence-electron chi connectivity index (χ1n) is 10.9. The number of ether oxygens (including phenoxy) is 2. The van der Waals surface area contributed by atoms with E-state index in [9.17, 15) is 5.11 Å². The average molecular weight is 438 g/mol. The Bertz CT molecular complexity index is 983. The zero-order valence-corrected chi connectivity index (χ0v) is 18.2. The van der Waals surface area contributed by atoms with Crippen LogP contribution in [0.1, 0.15) is 41.9 Å². The number of fused-ring (bicyclic) bond motifs is 1. The van der Waals surface area contributed by atoms with Crippen molar-refractivity contribution in [3.8, 4) is 17.2 Å². The maximum Gasteiger partial charge on any atom is 0.143 e. The number of rotatable bonds is 6. The van der Waals surface area contributed by atoms with Crippen molar-refractivity contribution >= 4 is 11.8 Å². The van der Waals surface area contributed by atoms with Crippen LogP contribution in [-0.2, 0) is 0 Å². The molecule has 0 radical (unpaired) electrons. The normalized spacial score (nSPS) is 21.3. The van der Waals surface area contributed by atoms with Crippen LogP contribution in [0, 0.1) is 0 Å². The minimum absolute atomic E-state index is 0.0461. The van der Waals surface area contributed by atoms with Gasteiger partial charge in [0.05, 0.1) is 11.2 Å². The van der Waals surface area contributed by atoms with Gasteiger partial charge in [-0.05, 0) is 74.0 Å². The van der Waals surface area contributed by atoms with Crippen molar-refractivity contribution in [1.29, 1.82) is 0 Å². The monoisotopic (exact) mass is 437 g/mol. The van der Waals surface area contributed by atoms with Crippen LogP contribution in [0.5, 0.6) is 17.2 Å². The van der Waals surface area contributed by atoms with Gasteiger partial charge in [0.2, 0.25) is 0 Å². The quantitative estimate of drug-likeness (QED) is 0.525. The topological polar surface area (TPSA) is 55.1 Å². The molecular weight excluding hydrogens is 410 g/mol. The first-order valence-corrected chi connectivity index (χ1v) is 11.8. The van der Waals surface area contributed by atoms with Gasteiger partial charge in [0.15, 0.2) is 0 Å². The van der Waals surface area contributed by atoms with Crippen LogP contribution in [0.4, 0.5) is 0 Å². The van der Waals surface area contributed by atoms with Gasteiger partial charge in [-0.2, -0.15) is 0 Å². The fourth-order valence-corrected chi connectivity index (χ4v) is 5.50. The van der Waals surface area contributed by atoms with Crippen LogP contribution < -0.4 is 9.47 Å². The number of hydrogen-bond acceptors (Lipinski definition) is 6. The molecular formula is C25H27NO4S. The summed E-state index contributed by atoms with van der Waals surface area (Å²) in [5, 5.41) is 9.82. The van der Waals surface area contributed by atoms with E-state index >= 15 is 0 Å². The summed E-state index contributed by atoms with van der Waals surface area (Å²) in [7, 11) is 0. The van der Waals surface area contributed by atoms with E-state index in [-0.39, 0.29) is 17.1 Å². The van der Waals surface area contributed by atoms with Gasteiger partial charge in [-0.15, -0.1) is 11.8 Å². The molecule has 0 spiro atoms. The fourth-order valence-electron chi connectivity index (χ4n) is 4.22. The maximum absolute atomic E-state index is 9.86. The summed E-state index contributed by atoms with van der Waals surface area (Å²) < 4.78 is 18.1. The molecule has 1 saturated heterocycles. The van der Waals surface area contributed by atoms with E-state index in [2.05, 4.69) is 17.0 Å². The number of likely N-dealkylation sites (tertiary alicyclic amines) is 1. The van der Waals surface area contributed by atoms with Crippen molar-refractivity contribution in [2.45, 2.75) is 35.5 Å². The third-order valence-electron chi connectivity index (χ3n) is 5.87. The van der Waals surface area contributed by atoms with Crippen molar-refractivity contribution in [2.75, 3.05) is 26.2 Å². The smallest absolute Gasteiger partial charge is 0.143 e. The molecule has 0 unspecified atom stereocenters. The van der Waals surface area contributed by atoms with E-state index in [0.29, 0.717) is 6.61 Å². The van der Waals surface area contributed by atoms with Gasteiger partial charge in [-0.1, -0.05) is 18.6 Å². The first kappa shape index (κ1) is 20.3. The maximum atomic E-state index is 9.86. The van der Waals surface area contributed by atoms with Crippen LogP contribution in [0.25, 0.3) is 0 Å². The van der Waals surface area contributed by atoms with E-state index < -0.39 is 0 Å². The van der Waals surface area contributed by atoms with Gasteiger partial charge in [-0.25, -0.2) is 0 Å². The number of nitrogens with zero attached hydrogens (tertiary/aromatic N) is 1. The molecule has 2 aromatic carbocycles. The lowest BCUT2D eigenvalue weighted by Gasteiger charge is -2.32. The number of phenols is 1. The number of thioether (sulfide) groups is 1. The van der Waals surface area contributed by atoms with Crippen LogP contribution in [0.2, 0.25) is 0 Å². The molecule has 5 rings (SSSR count). The van der Waals surface area contributed by atoms with Crippen LogP contribution in [-0.4, -0.2) is 36.2 Å². The summed E-state index contributed by atoms with van der Waals surface area (Å²) in [5.41, 5.74) is 1.07. The van der Waals surface area contributed by atoms with E-state index in [4.69, 9.17) is 13.9 Å². The Morgan fingerprint density at radius 3 is 2.65 bits per heavy atom. The zero-order valence-electron chi connectivity index (χ0n) is 17.4. The molecule has 0 saturated carbocycles. The molecule has 0 aliphatic carbocycles. The molecule has 3 aromatic rings. The summed E-state index contributed by atoms with van der Waals surface area (Å²) in [4.78, 5) is 3.39. The largest absolute Gasteiger partial charge is 0.508 e. The number of benzene rings is 2. The van der Waals surface area contributed by atoms with E-state index in [0.717, 1.165) is 34.3 Å². The number of phenolic OH excluding ortho intramolecular Hbond substituents is 1. The third kappa shape index (κ3) is 4.70. The number of piperidine rings is 1. The summed E-state index contributed by atoms with van der Waals surface area (Å²) >= 11 is 1.65. The van der Waals surface area contributed by atoms with Crippen molar-refractivity contribution in [3.63, 3.8) is 0 Å². The van der Waals surface area contributed by atoms with E-state index in [1.165, 1.54) is 32.4 Å². The lowest BCUT2D eigenvalue weighted by molar-refractivity contribution is 0.180. The Labute approximate surface area is 187 Å². The van der Waals surface area contributed by atoms with Gasteiger partial charge >= 0.3 is 0 Å². The number of aromatic hydroxyl groups is 1. The van der Waals surface area contributed by atoms with Crippen molar-refractivity contribution in [3.05, 3.63) is 72.2 Å². The highest BCUT2D eigenvalue weighted by molar-refractivity contribution is 7.99. The van der Waals surface area contributed by atoms with Crippen LogP contribution >= 0.6 is 11.8 Å². The summed E-state index contributed by atoms with van der Waals surface area (Å²) in [6.07, 6.45) is 5.44. The molecule has 2 atom stereocenters. The SMILES string of the molecule is Oc1ccc2c(c1)S[C@H](c1ccco1)[C@H](c1ccc(OCCN3CCCCC3)cc1)O2. The third-order valence-corrected chi connectivity index (χ3v) is 7.17. The van der Waals surface area contributed by atoms with Crippen molar-refractivity contribution < 1.29 is 19.0 Å². The highest BCUT2D eigenvalue weighted by atomic mass is 32.2. The van der Waals surface area contributed by atoms with Crippen LogP contribution in [0.3, 0.4) is 0 Å². The Morgan fingerprint density at radius 1 is 1.03 bits per heavy atom. The van der Waals surface area contributed by atoms with Gasteiger partial charge in [0.1, 0.15) is 41.0 Å². The fraction of sp³-hybridized carbons (Fsp3) is 0.360. The van der Waals surface area contributed by atoms with Gasteiger partial charge in [-0.3, -0.25) is 4.90 Å². The lowest BCUT2D eigenvalue weighted by atomic mass is 10.0. The Kier molecular flexibility index (Phi) is 6.09. The molecule has 162 valence electrons. The van der Waals surface area contributed by atoms with Gasteiger partial charge < -0.3 is 19.0 Å². The molecule has 1 N–H and O–H groups in total. The Morgan fingerprint density at radius 2 is 1.87 bits per heavy atom. The second kappa shape index (κ2) is 9.28. The van der Waals surface area contributed by atoms with Gasteiger partial charge in [0, 0.05) is 6.54 Å². The molecule has 5 nitrogen and oxygen atoms in total. The molecule has 2 aliphatic rings. The number of hydrogen-bond donors (Lipinski definition) is 1. The zero-order chi connectivity index (χ0) is 21.0. The Hall–Kier alpha value is -2.57. The summed E-state index contributed by atoms with van der Waals surface area (Å²) in [6, 6.07) is 17.3. The average Bonchev–Trinajstić information content (AvgIpc) is 3.34. The van der Waals surface area contributed by atoms with Crippen molar-refractivity contribution in [1.82, 2.24) is 4.90 Å². The minimum Gasteiger partial charge on any atom is -0.508 e. The summed E-state index contributed by atoms with van der Waals surface area (Å²) in [6.45, 7) is 4.06. The predicted octanol–water partition coefficient (Wildman–Crippen LogP) is 5.82. The molecule has 31 heavy (non-hydrogen) atoms. The first-order chi connectivity index (χ1) is 15.3. The van der Waals surface area contributed by atoms with E-state index in [1.807, 2.05) is 30.3 Å². The second-order valence-electron chi connectivity index (χ2n) is 8.04.